The number of likely N-dealkylation sites (tertiary alicyclic amines) is 1. The van der Waals surface area contributed by atoms with E-state index in [2.05, 4.69) is 15.1 Å². The second kappa shape index (κ2) is 13.2. The monoisotopic (exact) mass is 744 g/mol. The number of ether oxygens (including phenoxy) is 1. The van der Waals surface area contributed by atoms with Gasteiger partial charge in [-0.1, -0.05) is 46.1 Å². The molecule has 0 radical (unpaired) electrons. The number of nitrogens with one attached hydrogen (secondary N) is 1. The first kappa shape index (κ1) is 33.0. The van der Waals surface area contributed by atoms with E-state index in [-0.39, 0.29) is 22.6 Å². The highest BCUT2D eigenvalue weighted by atomic mass is 35.5. The lowest BCUT2D eigenvalue weighted by Crippen LogP contribution is -2.57. The normalized spacial score (nSPS) is 29.5. The van der Waals surface area contributed by atoms with Gasteiger partial charge in [0.15, 0.2) is 5.13 Å². The third-order valence-corrected chi connectivity index (χ3v) is 14.3. The quantitative estimate of drug-likeness (QED) is 0.183. The van der Waals surface area contributed by atoms with Gasteiger partial charge in [-0.3, -0.25) is 15.0 Å². The molecule has 1 amide bonds. The number of fused-ring (bicyclic) bond motifs is 1. The lowest BCUT2D eigenvalue weighted by Gasteiger charge is -2.57. The van der Waals surface area contributed by atoms with Crippen molar-refractivity contribution in [1.29, 1.82) is 0 Å². The number of amides is 1. The van der Waals surface area contributed by atoms with Crippen molar-refractivity contribution in [2.24, 2.45) is 29.6 Å². The molecule has 3 aromatic rings. The van der Waals surface area contributed by atoms with E-state index in [4.69, 9.17) is 44.5 Å². The number of benzene rings is 1. The predicted octanol–water partition coefficient (Wildman–Crippen LogP) is 9.39. The van der Waals surface area contributed by atoms with Gasteiger partial charge in [0, 0.05) is 47.3 Å². The SMILES string of the molecule is CCOC(=O)/C(C)=C/c1c(Cl)cc(C(=O)Nc2nc(-c3cc(Cl)cs3)c(N3C[C@H]4CCN(C5[C@H]6C[C@@H]7C[C@@H](C[C@H]5C7)C6)[C@H]4C3)s2)cc1Cl. The molecular weight excluding hydrogens is 707 g/mol. The number of hydrogen-bond acceptors (Lipinski definition) is 8. The zero-order valence-corrected chi connectivity index (χ0v) is 30.9. The third-order valence-electron chi connectivity index (χ3n) is 11.4. The fourth-order valence-electron chi connectivity index (χ4n) is 9.69. The van der Waals surface area contributed by atoms with Crippen LogP contribution in [0, 0.1) is 29.6 Å². The van der Waals surface area contributed by atoms with Gasteiger partial charge >= 0.3 is 5.97 Å². The number of esters is 1. The number of thiazole rings is 1. The van der Waals surface area contributed by atoms with Crippen LogP contribution in [0.15, 0.2) is 29.2 Å². The zero-order chi connectivity index (χ0) is 33.3. The Kier molecular flexibility index (Phi) is 9.08. The number of thiophene rings is 1. The van der Waals surface area contributed by atoms with Gasteiger partial charge in [0.25, 0.3) is 5.91 Å². The van der Waals surface area contributed by atoms with E-state index in [0.29, 0.717) is 38.8 Å². The lowest BCUT2D eigenvalue weighted by atomic mass is 9.54. The van der Waals surface area contributed by atoms with Crippen LogP contribution in [-0.2, 0) is 9.53 Å². The zero-order valence-electron chi connectivity index (χ0n) is 27.0. The Morgan fingerprint density at radius 2 is 1.73 bits per heavy atom. The number of nitrogens with zero attached hydrogens (tertiary/aromatic N) is 3. The molecule has 4 bridgehead atoms. The number of anilines is 2. The third kappa shape index (κ3) is 6.11. The molecule has 6 aliphatic rings. The summed E-state index contributed by atoms with van der Waals surface area (Å²) in [4.78, 5) is 37.0. The molecule has 7 nitrogen and oxygen atoms in total. The van der Waals surface area contributed by atoms with Gasteiger partial charge in [-0.05, 0) is 113 Å². The summed E-state index contributed by atoms with van der Waals surface area (Å²) in [5, 5.41) is 7.73. The average Bonchev–Trinajstić information content (AvgIpc) is 3.83. The minimum absolute atomic E-state index is 0.261. The van der Waals surface area contributed by atoms with E-state index in [0.717, 1.165) is 58.4 Å². The van der Waals surface area contributed by atoms with E-state index in [1.165, 1.54) is 56.4 Å². The highest BCUT2D eigenvalue weighted by molar-refractivity contribution is 7.21. The minimum atomic E-state index is -0.448. The van der Waals surface area contributed by atoms with Gasteiger partial charge < -0.3 is 9.64 Å². The molecule has 1 N–H and O–H groups in total. The van der Waals surface area contributed by atoms with E-state index < -0.39 is 5.97 Å². The van der Waals surface area contributed by atoms with Crippen molar-refractivity contribution < 1.29 is 14.3 Å². The molecule has 6 fully saturated rings. The van der Waals surface area contributed by atoms with Crippen molar-refractivity contribution in [2.75, 3.05) is 36.5 Å². The number of rotatable bonds is 8. The standard InChI is InChI=1S/C36H39Cl3N4O3S2/c1-3-46-35(45)18(2)6-26-27(38)12-24(13-28(26)39)33(44)41-36-40-31(30-14-25(37)17-47-30)34(48-36)42-15-21-4-5-43(29(21)16-42)32-22-8-19-7-20(10-22)11-23(32)9-19/h6,12-14,17,19-23,29,32H,3-5,7-11,15-16H2,1-2H3,(H,40,41,44)/b18-6+/t19-,20+,21-,22-,23+,29+,32?/m1/s1. The van der Waals surface area contributed by atoms with Crippen LogP contribution in [0.4, 0.5) is 10.1 Å². The first-order valence-corrected chi connectivity index (χ1v) is 19.9. The number of aromatic nitrogens is 1. The number of carbonyl (C=O) groups excluding carboxylic acids is 2. The van der Waals surface area contributed by atoms with Gasteiger partial charge in [-0.2, -0.15) is 0 Å². The van der Waals surface area contributed by atoms with Crippen LogP contribution < -0.4 is 10.2 Å². The topological polar surface area (TPSA) is 74.8 Å². The fraction of sp³-hybridized carbons (Fsp3) is 0.528. The largest absolute Gasteiger partial charge is 0.463 e. The molecule has 254 valence electrons. The molecule has 1 aromatic carbocycles. The molecular formula is C36H39Cl3N4O3S2. The second-order valence-corrected chi connectivity index (χ2v) is 17.5. The van der Waals surface area contributed by atoms with Crippen LogP contribution in [0.25, 0.3) is 16.6 Å². The van der Waals surface area contributed by atoms with Crippen LogP contribution >= 0.6 is 57.5 Å². The summed E-state index contributed by atoms with van der Waals surface area (Å²) >= 11 is 22.6. The summed E-state index contributed by atoms with van der Waals surface area (Å²) in [6, 6.07) is 6.40. The predicted molar refractivity (Wildman–Crippen MR) is 197 cm³/mol. The minimum Gasteiger partial charge on any atom is -0.463 e. The lowest BCUT2D eigenvalue weighted by molar-refractivity contribution is -0.138. The number of hydrogen-bond donors (Lipinski definition) is 1. The Balaban J connectivity index is 1.03. The number of halogens is 3. The molecule has 4 heterocycles. The van der Waals surface area contributed by atoms with Gasteiger partial charge in [-0.25, -0.2) is 9.78 Å². The first-order valence-electron chi connectivity index (χ1n) is 17.1. The smallest absolute Gasteiger partial charge is 0.333 e. The van der Waals surface area contributed by atoms with Gasteiger partial charge in [0.2, 0.25) is 0 Å². The molecule has 0 spiro atoms. The van der Waals surface area contributed by atoms with Crippen LogP contribution in [-0.4, -0.2) is 60.1 Å². The van der Waals surface area contributed by atoms with Gasteiger partial charge in [0.1, 0.15) is 10.7 Å². The first-order chi connectivity index (χ1) is 23.1. The fourth-order valence-corrected chi connectivity index (χ4v) is 12.4. The Labute approximate surface area is 304 Å². The average molecular weight is 746 g/mol. The van der Waals surface area contributed by atoms with Crippen molar-refractivity contribution in [3.8, 4) is 10.6 Å². The molecule has 4 saturated carbocycles. The summed E-state index contributed by atoms with van der Waals surface area (Å²) in [5.41, 5.74) is 1.98. The molecule has 2 saturated heterocycles. The summed E-state index contributed by atoms with van der Waals surface area (Å²) in [6.07, 6.45) is 10.1. The molecule has 12 heteroatoms. The van der Waals surface area contributed by atoms with Gasteiger partial charge in [-0.15, -0.1) is 11.3 Å². The van der Waals surface area contributed by atoms with E-state index >= 15 is 0 Å². The Hall–Kier alpha value is -2.14. The molecule has 9 rings (SSSR count). The molecule has 4 aliphatic carbocycles. The summed E-state index contributed by atoms with van der Waals surface area (Å²) < 4.78 is 5.06. The van der Waals surface area contributed by atoms with E-state index in [9.17, 15) is 9.59 Å². The maximum atomic E-state index is 13.5. The van der Waals surface area contributed by atoms with Crippen LogP contribution in [0.1, 0.15) is 68.3 Å². The molecule has 2 aliphatic heterocycles. The highest BCUT2D eigenvalue weighted by Crippen LogP contribution is 2.57. The summed E-state index contributed by atoms with van der Waals surface area (Å²) in [6.45, 7) is 6.87. The maximum Gasteiger partial charge on any atom is 0.333 e. The second-order valence-electron chi connectivity index (χ2n) is 14.3. The van der Waals surface area contributed by atoms with E-state index in [1.807, 2.05) is 11.4 Å². The maximum absolute atomic E-state index is 13.5. The van der Waals surface area contributed by atoms with Crippen LogP contribution in [0.2, 0.25) is 15.1 Å². The molecule has 0 unspecified atom stereocenters. The van der Waals surface area contributed by atoms with Crippen molar-refractivity contribution >= 4 is 85.6 Å². The Morgan fingerprint density at radius 1 is 1.02 bits per heavy atom. The van der Waals surface area contributed by atoms with Gasteiger partial charge in [0.05, 0.1) is 26.6 Å². The molecule has 2 aromatic heterocycles. The van der Waals surface area contributed by atoms with Crippen molar-refractivity contribution in [1.82, 2.24) is 9.88 Å². The molecule has 48 heavy (non-hydrogen) atoms. The Bertz CT molecular complexity index is 1740. The highest BCUT2D eigenvalue weighted by Gasteiger charge is 2.54. The summed E-state index contributed by atoms with van der Waals surface area (Å²) in [7, 11) is 0. The van der Waals surface area contributed by atoms with E-state index in [1.54, 1.807) is 43.4 Å². The van der Waals surface area contributed by atoms with Crippen molar-refractivity contribution in [3.63, 3.8) is 0 Å². The summed E-state index contributed by atoms with van der Waals surface area (Å²) in [5.74, 6) is 3.57. The van der Waals surface area contributed by atoms with Crippen molar-refractivity contribution in [2.45, 2.75) is 64.5 Å². The van der Waals surface area contributed by atoms with Crippen LogP contribution in [0.3, 0.4) is 0 Å². The number of carbonyl (C=O) groups is 2. The van der Waals surface area contributed by atoms with Crippen molar-refractivity contribution in [3.05, 3.63) is 55.3 Å². The molecule has 2 atom stereocenters. The van der Waals surface area contributed by atoms with Crippen LogP contribution in [0.5, 0.6) is 0 Å². The Morgan fingerprint density at radius 3 is 2.38 bits per heavy atom.